The summed E-state index contributed by atoms with van der Waals surface area (Å²) in [6.45, 7) is 11.3. The summed E-state index contributed by atoms with van der Waals surface area (Å²) in [5.41, 5.74) is 2.29. The van der Waals surface area contributed by atoms with Crippen LogP contribution in [0.1, 0.15) is 64.2 Å². The van der Waals surface area contributed by atoms with Crippen molar-refractivity contribution in [2.75, 3.05) is 32.7 Å². The minimum absolute atomic E-state index is 0.281. The van der Waals surface area contributed by atoms with E-state index in [1.807, 2.05) is 51.1 Å². The van der Waals surface area contributed by atoms with Gasteiger partial charge in [0.25, 0.3) is 0 Å². The number of piperazine rings is 1. The maximum atomic E-state index is 12.8. The summed E-state index contributed by atoms with van der Waals surface area (Å²) in [5.74, 6) is -0.753. The summed E-state index contributed by atoms with van der Waals surface area (Å²) in [5, 5.41) is 23.3. The summed E-state index contributed by atoms with van der Waals surface area (Å²) in [6, 6.07) is 18.4. The molecule has 8 heteroatoms. The molecule has 2 aliphatic rings. The zero-order valence-electron chi connectivity index (χ0n) is 25.4. The van der Waals surface area contributed by atoms with Gasteiger partial charge in [-0.25, -0.2) is 4.79 Å². The summed E-state index contributed by atoms with van der Waals surface area (Å²) < 4.78 is 5.42. The molecule has 1 unspecified atom stereocenters. The van der Waals surface area contributed by atoms with Gasteiger partial charge >= 0.3 is 6.09 Å². The Morgan fingerprint density at radius 1 is 0.902 bits per heavy atom. The molecule has 0 aromatic heterocycles. The van der Waals surface area contributed by atoms with Crippen LogP contribution in [0.15, 0.2) is 54.6 Å². The molecular formula is C33H49N3O5. The second-order valence-corrected chi connectivity index (χ2v) is 12.7. The maximum Gasteiger partial charge on any atom is 0.410 e. The van der Waals surface area contributed by atoms with E-state index in [2.05, 4.69) is 34.5 Å². The number of ether oxygens (including phenoxy) is 1. The second-order valence-electron chi connectivity index (χ2n) is 12.7. The average Bonchev–Trinajstić information content (AvgIpc) is 3.37. The monoisotopic (exact) mass is 567 g/mol. The fourth-order valence-electron chi connectivity index (χ4n) is 5.24. The average molecular weight is 568 g/mol. The molecule has 0 radical (unpaired) electrons. The first-order chi connectivity index (χ1) is 19.3. The van der Waals surface area contributed by atoms with Crippen LogP contribution in [0.3, 0.4) is 0 Å². The number of nitrogens with zero attached hydrogens (tertiary/aromatic N) is 2. The Morgan fingerprint density at radius 2 is 1.46 bits per heavy atom. The molecule has 4 rings (SSSR count). The van der Waals surface area contributed by atoms with Crippen LogP contribution in [0.2, 0.25) is 0 Å². The van der Waals surface area contributed by atoms with E-state index in [4.69, 9.17) is 4.74 Å². The number of hydrogen-bond donors (Lipinski definition) is 3. The van der Waals surface area contributed by atoms with Crippen LogP contribution in [0.5, 0.6) is 0 Å². The van der Waals surface area contributed by atoms with Crippen molar-refractivity contribution in [2.24, 2.45) is 5.92 Å². The van der Waals surface area contributed by atoms with Gasteiger partial charge in [0, 0.05) is 38.6 Å². The normalized spacial score (nSPS) is 17.1. The van der Waals surface area contributed by atoms with Gasteiger partial charge in [-0.3, -0.25) is 9.69 Å². The number of β-amino-alcohol motifs (C(OH)–C–C–N with tert-alkyl or cyclic N) is 1. The van der Waals surface area contributed by atoms with Gasteiger partial charge in [0.05, 0.1) is 6.10 Å². The first kappa shape index (κ1) is 32.6. The number of carbonyl (C=O) groups excluding carboxylic acids is 2. The van der Waals surface area contributed by atoms with Crippen molar-refractivity contribution in [3.63, 3.8) is 0 Å². The van der Waals surface area contributed by atoms with Gasteiger partial charge in [-0.05, 0) is 83.4 Å². The van der Waals surface area contributed by atoms with Crippen molar-refractivity contribution in [1.29, 1.82) is 0 Å². The highest BCUT2D eigenvalue weighted by Gasteiger charge is 2.29. The van der Waals surface area contributed by atoms with Crippen molar-refractivity contribution in [3.8, 4) is 0 Å². The van der Waals surface area contributed by atoms with E-state index in [1.165, 1.54) is 33.1 Å². The Labute approximate surface area is 245 Å². The molecule has 1 heterocycles. The second kappa shape index (κ2) is 14.8. The van der Waals surface area contributed by atoms with E-state index in [0.717, 1.165) is 5.56 Å². The van der Waals surface area contributed by atoms with Crippen molar-refractivity contribution in [3.05, 3.63) is 71.3 Å². The zero-order chi connectivity index (χ0) is 30.0. The summed E-state index contributed by atoms with van der Waals surface area (Å²) in [4.78, 5) is 28.8. The number of hydrogen-bond acceptors (Lipinski definition) is 6. The molecule has 0 bridgehead atoms. The minimum atomic E-state index is -1.32. The third kappa shape index (κ3) is 11.8. The lowest BCUT2D eigenvalue weighted by Crippen LogP contribution is -2.52. The highest BCUT2D eigenvalue weighted by Crippen LogP contribution is 2.20. The van der Waals surface area contributed by atoms with Crippen LogP contribution in [0, 0.1) is 5.92 Å². The fourth-order valence-corrected chi connectivity index (χ4v) is 5.24. The molecule has 2 aromatic rings. The summed E-state index contributed by atoms with van der Waals surface area (Å²) >= 11 is 0. The topological polar surface area (TPSA) is 102 Å². The van der Waals surface area contributed by atoms with E-state index in [-0.39, 0.29) is 18.4 Å². The first-order valence-corrected chi connectivity index (χ1v) is 14.8. The lowest BCUT2D eigenvalue weighted by Gasteiger charge is -2.36. The first-order valence-electron chi connectivity index (χ1n) is 14.8. The minimum Gasteiger partial charge on any atom is -0.444 e. The zero-order valence-corrected chi connectivity index (χ0v) is 25.4. The Balaban J connectivity index is 0.000000428. The standard InChI is InChI=1S/C24H39N3O5.C9H10/c1-23(2,3)32-22(30)27-13-11-26(12-14-27)17-20(28)16-19(21(29)25-24(4,5)31)15-18-9-7-6-8-10-18;1-2-5-9-7-3-6-8(9)4-1/h6-10,19-20,28,31H,11-17H2,1-5H3,(H,25,29);1-2,4-5H,3,6-7H2/t19-,20?;/m1./s1. The Kier molecular flexibility index (Phi) is 11.8. The fraction of sp³-hybridized carbons (Fsp3) is 0.576. The van der Waals surface area contributed by atoms with Crippen molar-refractivity contribution < 1.29 is 24.5 Å². The lowest BCUT2D eigenvalue weighted by molar-refractivity contribution is -0.132. The van der Waals surface area contributed by atoms with Crippen LogP contribution < -0.4 is 5.32 Å². The summed E-state index contributed by atoms with van der Waals surface area (Å²) in [6.07, 6.45) is 3.70. The Bertz CT molecular complexity index is 1080. The van der Waals surface area contributed by atoms with Crippen LogP contribution in [0.25, 0.3) is 0 Å². The van der Waals surface area contributed by atoms with Gasteiger partial charge in [0.1, 0.15) is 11.3 Å². The number of benzene rings is 2. The molecule has 2 aromatic carbocycles. The van der Waals surface area contributed by atoms with Crippen LogP contribution >= 0.6 is 0 Å². The number of aryl methyl sites for hydroxylation is 2. The third-order valence-corrected chi connectivity index (χ3v) is 7.18. The Hall–Kier alpha value is -2.94. The SMILES string of the molecule is CC(C)(O)NC(=O)[C@H](Cc1ccccc1)CC(O)CN1CCN(C(=O)OC(C)(C)C)CC1.c1ccc2c(c1)CCC2. The predicted octanol–water partition coefficient (Wildman–Crippen LogP) is 4.17. The molecule has 1 fully saturated rings. The number of rotatable bonds is 8. The van der Waals surface area contributed by atoms with Crippen LogP contribution in [-0.4, -0.2) is 82.2 Å². The maximum absolute atomic E-state index is 12.8. The molecule has 1 aliphatic carbocycles. The highest BCUT2D eigenvalue weighted by atomic mass is 16.6. The lowest BCUT2D eigenvalue weighted by atomic mass is 9.92. The highest BCUT2D eigenvalue weighted by molar-refractivity contribution is 5.79. The van der Waals surface area contributed by atoms with E-state index >= 15 is 0 Å². The third-order valence-electron chi connectivity index (χ3n) is 7.18. The number of fused-ring (bicyclic) bond motifs is 1. The van der Waals surface area contributed by atoms with Gasteiger partial charge in [-0.15, -0.1) is 0 Å². The molecular weight excluding hydrogens is 518 g/mol. The van der Waals surface area contributed by atoms with E-state index in [0.29, 0.717) is 39.1 Å². The predicted molar refractivity (Wildman–Crippen MR) is 161 cm³/mol. The molecule has 0 spiro atoms. The van der Waals surface area contributed by atoms with E-state index in [9.17, 15) is 19.8 Å². The number of aliphatic hydroxyl groups is 2. The van der Waals surface area contributed by atoms with Gasteiger partial charge in [0.2, 0.25) is 5.91 Å². The van der Waals surface area contributed by atoms with Crippen molar-refractivity contribution in [1.82, 2.24) is 15.1 Å². The van der Waals surface area contributed by atoms with Crippen LogP contribution in [0.4, 0.5) is 4.79 Å². The van der Waals surface area contributed by atoms with Crippen LogP contribution in [-0.2, 0) is 28.8 Å². The van der Waals surface area contributed by atoms with Crippen molar-refractivity contribution >= 4 is 12.0 Å². The molecule has 41 heavy (non-hydrogen) atoms. The van der Waals surface area contributed by atoms with Gasteiger partial charge in [-0.1, -0.05) is 54.6 Å². The number of amides is 2. The molecule has 2 atom stereocenters. The van der Waals surface area contributed by atoms with Gasteiger partial charge < -0.3 is 25.2 Å². The number of carbonyl (C=O) groups is 2. The molecule has 2 amide bonds. The number of aliphatic hydroxyl groups excluding tert-OH is 1. The summed E-state index contributed by atoms with van der Waals surface area (Å²) in [7, 11) is 0. The van der Waals surface area contributed by atoms with E-state index < -0.39 is 23.3 Å². The molecule has 0 saturated carbocycles. The molecule has 1 aliphatic heterocycles. The smallest absolute Gasteiger partial charge is 0.410 e. The van der Waals surface area contributed by atoms with Gasteiger partial charge in [0.15, 0.2) is 0 Å². The molecule has 1 saturated heterocycles. The Morgan fingerprint density at radius 3 is 2.00 bits per heavy atom. The quantitative estimate of drug-likeness (QED) is 0.414. The molecule has 8 nitrogen and oxygen atoms in total. The molecule has 226 valence electrons. The largest absolute Gasteiger partial charge is 0.444 e. The number of nitrogens with one attached hydrogen (secondary N) is 1. The molecule has 3 N–H and O–H groups in total. The van der Waals surface area contributed by atoms with Gasteiger partial charge in [-0.2, -0.15) is 0 Å². The van der Waals surface area contributed by atoms with E-state index in [1.54, 1.807) is 16.0 Å². The van der Waals surface area contributed by atoms with Crippen molar-refractivity contribution in [2.45, 2.75) is 84.2 Å².